The fourth-order valence-corrected chi connectivity index (χ4v) is 1.21. The molecule has 0 unspecified atom stereocenters. The van der Waals surface area contributed by atoms with Crippen molar-refractivity contribution in [2.24, 2.45) is 0 Å². The second-order valence-electron chi connectivity index (χ2n) is 2.69. The van der Waals surface area contributed by atoms with Crippen molar-refractivity contribution in [3.63, 3.8) is 0 Å². The van der Waals surface area contributed by atoms with Crippen LogP contribution in [0.5, 0.6) is 0 Å². The van der Waals surface area contributed by atoms with Gasteiger partial charge in [-0.1, -0.05) is 38.8 Å². The van der Waals surface area contributed by atoms with E-state index in [4.69, 9.17) is 0 Å². The third kappa shape index (κ3) is 8.41. The lowest BCUT2D eigenvalue weighted by atomic mass is 9.76. The van der Waals surface area contributed by atoms with Crippen molar-refractivity contribution in [3.8, 4) is 0 Å². The fourth-order valence-electron chi connectivity index (χ4n) is 0.991. The van der Waals surface area contributed by atoms with Gasteiger partial charge in [-0.15, -0.1) is 0 Å². The van der Waals surface area contributed by atoms with Crippen LogP contribution in [0.1, 0.15) is 32.1 Å². The lowest BCUT2D eigenvalue weighted by Crippen LogP contribution is -1.83. The van der Waals surface area contributed by atoms with Crippen molar-refractivity contribution in [1.29, 1.82) is 0 Å². The Labute approximate surface area is 71.4 Å². The molecule has 0 amide bonds. The Morgan fingerprint density at radius 3 is 2.20 bits per heavy atom. The van der Waals surface area contributed by atoms with Gasteiger partial charge in [0.25, 0.3) is 0 Å². The predicted octanol–water partition coefficient (Wildman–Crippen LogP) is 3.04. The van der Waals surface area contributed by atoms with Crippen molar-refractivity contribution >= 4 is 19.9 Å². The molecule has 0 nitrogen and oxygen atoms in total. The second-order valence-corrected chi connectivity index (χ2v) is 3.14. The maximum atomic E-state index is 4.16. The van der Waals surface area contributed by atoms with Crippen LogP contribution in [0.3, 0.4) is 0 Å². The Morgan fingerprint density at radius 2 is 1.60 bits per heavy atom. The molecular weight excluding hydrogens is 139 g/mol. The first kappa shape index (κ1) is 10.4. The first-order valence-corrected chi connectivity index (χ1v) is 4.93. The molecule has 0 aliphatic heterocycles. The quantitative estimate of drug-likeness (QED) is 0.327. The number of unbranched alkanes of at least 4 members (excludes halogenated alkanes) is 4. The van der Waals surface area contributed by atoms with Gasteiger partial charge in [0.2, 0.25) is 0 Å². The van der Waals surface area contributed by atoms with Gasteiger partial charge in [0, 0.05) is 0 Å². The van der Waals surface area contributed by atoms with Crippen molar-refractivity contribution in [2.45, 2.75) is 45.2 Å². The molecule has 1 radical (unpaired) electrons. The van der Waals surface area contributed by atoms with Gasteiger partial charge < -0.3 is 0 Å². The van der Waals surface area contributed by atoms with E-state index in [2.05, 4.69) is 26.7 Å². The Hall–Kier alpha value is 0.415. The maximum absolute atomic E-state index is 4.16. The zero-order valence-corrected chi connectivity index (χ0v) is 7.87. The van der Waals surface area contributed by atoms with Gasteiger partial charge in [0.1, 0.15) is 7.28 Å². The summed E-state index contributed by atoms with van der Waals surface area (Å²) in [6, 6.07) is 0. The molecule has 0 aromatic heterocycles. The average molecular weight is 157 g/mol. The SMILES string of the molecule is C[B]CCCCCCCS. The molecule has 0 aliphatic rings. The van der Waals surface area contributed by atoms with Crippen molar-refractivity contribution in [2.75, 3.05) is 5.75 Å². The highest BCUT2D eigenvalue weighted by Crippen LogP contribution is 2.05. The van der Waals surface area contributed by atoms with Gasteiger partial charge >= 0.3 is 0 Å². The summed E-state index contributed by atoms with van der Waals surface area (Å²) in [5.74, 6) is 1.06. The Balaban J connectivity index is 2.65. The van der Waals surface area contributed by atoms with Gasteiger partial charge in [-0.05, 0) is 12.2 Å². The summed E-state index contributed by atoms with van der Waals surface area (Å²) in [5.41, 5.74) is 0. The Bertz CT molecular complexity index is 49.2. The molecule has 0 bridgehead atoms. The van der Waals surface area contributed by atoms with Gasteiger partial charge in [0.15, 0.2) is 0 Å². The molecule has 59 valence electrons. The van der Waals surface area contributed by atoms with E-state index in [0.29, 0.717) is 0 Å². The number of hydrogen-bond donors (Lipinski definition) is 1. The van der Waals surface area contributed by atoms with Crippen molar-refractivity contribution in [1.82, 2.24) is 0 Å². The molecule has 0 N–H and O–H groups in total. The predicted molar refractivity (Wildman–Crippen MR) is 53.4 cm³/mol. The molecule has 0 aliphatic carbocycles. The average Bonchev–Trinajstić information content (AvgIpc) is 1.97. The van der Waals surface area contributed by atoms with E-state index in [1.165, 1.54) is 38.4 Å². The molecule has 0 aromatic rings. The number of thiol groups is 1. The summed E-state index contributed by atoms with van der Waals surface area (Å²) < 4.78 is 0. The van der Waals surface area contributed by atoms with Crippen LogP contribution in [0.15, 0.2) is 0 Å². The highest BCUT2D eigenvalue weighted by Gasteiger charge is 1.88. The molecule has 0 saturated carbocycles. The van der Waals surface area contributed by atoms with Crippen LogP contribution in [0, 0.1) is 0 Å². The molecule has 0 rings (SSSR count). The van der Waals surface area contributed by atoms with Gasteiger partial charge in [-0.2, -0.15) is 12.6 Å². The van der Waals surface area contributed by atoms with Crippen LogP contribution < -0.4 is 0 Å². The summed E-state index contributed by atoms with van der Waals surface area (Å²) in [4.78, 5) is 0. The maximum Gasteiger partial charge on any atom is 0.105 e. The second kappa shape index (κ2) is 9.41. The highest BCUT2D eigenvalue weighted by molar-refractivity contribution is 7.80. The molecule has 0 fully saturated rings. The monoisotopic (exact) mass is 157 g/mol. The molecule has 0 spiro atoms. The minimum atomic E-state index is 1.06. The molecular formula is C8H18BS. The first-order chi connectivity index (χ1) is 4.91. The lowest BCUT2D eigenvalue weighted by molar-refractivity contribution is 0.659. The summed E-state index contributed by atoms with van der Waals surface area (Å²) in [5, 5.41) is 0. The molecule has 0 aromatic carbocycles. The third-order valence-corrected chi connectivity index (χ3v) is 1.97. The zero-order valence-electron chi connectivity index (χ0n) is 6.97. The van der Waals surface area contributed by atoms with E-state index in [0.717, 1.165) is 5.75 Å². The molecule has 2 heteroatoms. The van der Waals surface area contributed by atoms with E-state index in [1.54, 1.807) is 0 Å². The molecule has 0 heterocycles. The van der Waals surface area contributed by atoms with Crippen LogP contribution in [0.2, 0.25) is 13.1 Å². The topological polar surface area (TPSA) is 0 Å². The Morgan fingerprint density at radius 1 is 1.00 bits per heavy atom. The smallest absolute Gasteiger partial charge is 0.105 e. The summed E-state index contributed by atoms with van der Waals surface area (Å²) >= 11 is 4.16. The van der Waals surface area contributed by atoms with Crippen molar-refractivity contribution < 1.29 is 0 Å². The van der Waals surface area contributed by atoms with Crippen LogP contribution in [0.4, 0.5) is 0 Å². The van der Waals surface area contributed by atoms with E-state index in [9.17, 15) is 0 Å². The summed E-state index contributed by atoms with van der Waals surface area (Å²) in [6.07, 6.45) is 8.13. The van der Waals surface area contributed by atoms with Crippen LogP contribution in [0.25, 0.3) is 0 Å². The first-order valence-electron chi connectivity index (χ1n) is 4.30. The molecule has 10 heavy (non-hydrogen) atoms. The van der Waals surface area contributed by atoms with E-state index in [1.807, 2.05) is 0 Å². The lowest BCUT2D eigenvalue weighted by Gasteiger charge is -1.97. The molecule has 0 saturated heterocycles. The Kier molecular flexibility index (Phi) is 9.81. The fraction of sp³-hybridized carbons (Fsp3) is 1.00. The zero-order chi connectivity index (χ0) is 7.66. The third-order valence-electron chi connectivity index (χ3n) is 1.65. The van der Waals surface area contributed by atoms with Crippen LogP contribution >= 0.6 is 12.6 Å². The minimum absolute atomic E-state index is 1.06. The van der Waals surface area contributed by atoms with E-state index in [-0.39, 0.29) is 0 Å². The highest BCUT2D eigenvalue weighted by atomic mass is 32.1. The van der Waals surface area contributed by atoms with E-state index >= 15 is 0 Å². The summed E-state index contributed by atoms with van der Waals surface area (Å²) in [7, 11) is 2.25. The number of rotatable bonds is 7. The van der Waals surface area contributed by atoms with Gasteiger partial charge in [0.05, 0.1) is 0 Å². The molecule has 0 atom stereocenters. The van der Waals surface area contributed by atoms with Gasteiger partial charge in [-0.25, -0.2) is 0 Å². The largest absolute Gasteiger partial charge is 0.179 e. The number of hydrogen-bond acceptors (Lipinski definition) is 1. The van der Waals surface area contributed by atoms with Gasteiger partial charge in [-0.3, -0.25) is 0 Å². The van der Waals surface area contributed by atoms with Crippen LogP contribution in [-0.4, -0.2) is 13.0 Å². The van der Waals surface area contributed by atoms with Crippen LogP contribution in [-0.2, 0) is 0 Å². The van der Waals surface area contributed by atoms with Crippen molar-refractivity contribution in [3.05, 3.63) is 0 Å². The summed E-state index contributed by atoms with van der Waals surface area (Å²) in [6.45, 7) is 2.13. The standard InChI is InChI=1S/C8H18BS/c1-9-7-5-3-2-4-6-8-10/h10H,2-8H2,1H3. The minimum Gasteiger partial charge on any atom is -0.179 e. The normalized spacial score (nSPS) is 9.80. The van der Waals surface area contributed by atoms with E-state index < -0.39 is 0 Å².